The van der Waals surface area contributed by atoms with Crippen LogP contribution < -0.4 is 4.90 Å². The summed E-state index contributed by atoms with van der Waals surface area (Å²) in [4.78, 5) is 15.0. The van der Waals surface area contributed by atoms with Gasteiger partial charge in [0.25, 0.3) is 0 Å². The summed E-state index contributed by atoms with van der Waals surface area (Å²) in [6.45, 7) is 6.88. The molecule has 1 fully saturated rings. The standard InChI is InChI=1S/C22H24N4O2S/c1-16-8-9-17(2)19(14-16)20(27)15-29-22-24-23-21(25-10-12-28-13-11-25)26(22)18-6-4-3-5-7-18/h3-9,14H,10-13,15H2,1-2H3. The van der Waals surface area contributed by atoms with E-state index in [0.29, 0.717) is 19.0 Å². The Morgan fingerprint density at radius 2 is 1.83 bits per heavy atom. The Balaban J connectivity index is 1.61. The number of aryl methyl sites for hydroxylation is 2. The Morgan fingerprint density at radius 3 is 2.59 bits per heavy atom. The van der Waals surface area contributed by atoms with Crippen molar-refractivity contribution in [1.29, 1.82) is 0 Å². The maximum absolute atomic E-state index is 12.8. The van der Waals surface area contributed by atoms with Crippen LogP contribution in [0.2, 0.25) is 0 Å². The highest BCUT2D eigenvalue weighted by atomic mass is 32.2. The summed E-state index contributed by atoms with van der Waals surface area (Å²) in [6, 6.07) is 16.0. The van der Waals surface area contributed by atoms with Gasteiger partial charge in [-0.1, -0.05) is 47.7 Å². The van der Waals surface area contributed by atoms with Gasteiger partial charge in [0.1, 0.15) is 0 Å². The van der Waals surface area contributed by atoms with Crippen molar-refractivity contribution < 1.29 is 9.53 Å². The van der Waals surface area contributed by atoms with E-state index in [1.807, 2.05) is 66.9 Å². The molecular weight excluding hydrogens is 384 g/mol. The smallest absolute Gasteiger partial charge is 0.232 e. The maximum Gasteiger partial charge on any atom is 0.232 e. The lowest BCUT2D eigenvalue weighted by atomic mass is 10.0. The van der Waals surface area contributed by atoms with Crippen molar-refractivity contribution in [3.63, 3.8) is 0 Å². The van der Waals surface area contributed by atoms with Crippen molar-refractivity contribution in [3.8, 4) is 5.69 Å². The number of carbonyl (C=O) groups excluding carboxylic acids is 1. The third kappa shape index (κ3) is 4.36. The molecule has 150 valence electrons. The van der Waals surface area contributed by atoms with E-state index in [1.165, 1.54) is 11.8 Å². The van der Waals surface area contributed by atoms with Crippen LogP contribution in [0.1, 0.15) is 21.5 Å². The molecule has 0 amide bonds. The van der Waals surface area contributed by atoms with Gasteiger partial charge in [-0.15, -0.1) is 10.2 Å². The van der Waals surface area contributed by atoms with Crippen molar-refractivity contribution in [3.05, 3.63) is 65.2 Å². The second-order valence-corrected chi connectivity index (χ2v) is 8.03. The summed E-state index contributed by atoms with van der Waals surface area (Å²) in [5.74, 6) is 1.21. The minimum Gasteiger partial charge on any atom is -0.378 e. The van der Waals surface area contributed by atoms with E-state index in [9.17, 15) is 4.79 Å². The van der Waals surface area contributed by atoms with E-state index in [0.717, 1.165) is 46.6 Å². The van der Waals surface area contributed by atoms with E-state index in [4.69, 9.17) is 4.74 Å². The van der Waals surface area contributed by atoms with Crippen LogP contribution in [0, 0.1) is 13.8 Å². The number of benzene rings is 2. The number of para-hydroxylation sites is 1. The van der Waals surface area contributed by atoms with Crippen molar-refractivity contribution in [2.75, 3.05) is 37.0 Å². The molecule has 0 bridgehead atoms. The summed E-state index contributed by atoms with van der Waals surface area (Å²) in [5.41, 5.74) is 3.85. The molecule has 3 aromatic rings. The zero-order valence-electron chi connectivity index (χ0n) is 16.7. The molecule has 2 aromatic carbocycles. The average Bonchev–Trinajstić information content (AvgIpc) is 3.19. The Kier molecular flexibility index (Phi) is 5.97. The first-order valence-electron chi connectivity index (χ1n) is 9.70. The van der Waals surface area contributed by atoms with Crippen molar-refractivity contribution in [1.82, 2.24) is 14.8 Å². The van der Waals surface area contributed by atoms with Gasteiger partial charge in [-0.25, -0.2) is 0 Å². The Labute approximate surface area is 174 Å². The molecule has 0 saturated carbocycles. The fourth-order valence-electron chi connectivity index (χ4n) is 3.37. The predicted molar refractivity (Wildman–Crippen MR) is 115 cm³/mol. The van der Waals surface area contributed by atoms with Gasteiger partial charge in [-0.05, 0) is 37.6 Å². The quantitative estimate of drug-likeness (QED) is 0.458. The number of Topliss-reactive ketones (excluding diaryl/α,β-unsaturated/α-hetero) is 1. The summed E-state index contributed by atoms with van der Waals surface area (Å²) < 4.78 is 7.51. The fraction of sp³-hybridized carbons (Fsp3) is 0.318. The lowest BCUT2D eigenvalue weighted by Gasteiger charge is -2.27. The Morgan fingerprint density at radius 1 is 1.07 bits per heavy atom. The first-order chi connectivity index (χ1) is 14.1. The minimum atomic E-state index is 0.103. The third-order valence-corrected chi connectivity index (χ3v) is 5.88. The maximum atomic E-state index is 12.8. The number of anilines is 1. The average molecular weight is 409 g/mol. The molecule has 1 aromatic heterocycles. The van der Waals surface area contributed by atoms with Crippen LogP contribution in [-0.4, -0.2) is 52.6 Å². The number of carbonyl (C=O) groups is 1. The van der Waals surface area contributed by atoms with Crippen LogP contribution in [0.4, 0.5) is 5.95 Å². The molecule has 1 saturated heterocycles. The Hall–Kier alpha value is -2.64. The third-order valence-electron chi connectivity index (χ3n) is 4.95. The molecule has 0 spiro atoms. The summed E-state index contributed by atoms with van der Waals surface area (Å²) >= 11 is 1.43. The number of morpholine rings is 1. The number of hydrogen-bond acceptors (Lipinski definition) is 6. The molecule has 1 aliphatic rings. The normalized spacial score (nSPS) is 14.2. The van der Waals surface area contributed by atoms with Gasteiger partial charge in [-0.2, -0.15) is 0 Å². The second-order valence-electron chi connectivity index (χ2n) is 7.08. The van der Waals surface area contributed by atoms with Crippen molar-refractivity contribution in [2.24, 2.45) is 0 Å². The number of thioether (sulfide) groups is 1. The topological polar surface area (TPSA) is 60.3 Å². The van der Waals surface area contributed by atoms with Gasteiger partial charge in [0.2, 0.25) is 5.95 Å². The largest absolute Gasteiger partial charge is 0.378 e. The Bertz CT molecular complexity index is 997. The van der Waals surface area contributed by atoms with Crippen LogP contribution in [-0.2, 0) is 4.74 Å². The molecule has 0 radical (unpaired) electrons. The highest BCUT2D eigenvalue weighted by Gasteiger charge is 2.22. The lowest BCUT2D eigenvalue weighted by molar-refractivity contribution is 0.102. The molecule has 4 rings (SSSR count). The fourth-order valence-corrected chi connectivity index (χ4v) is 4.20. The SMILES string of the molecule is Cc1ccc(C)c(C(=O)CSc2nnc(N3CCOCC3)n2-c2ccccc2)c1. The summed E-state index contributed by atoms with van der Waals surface area (Å²) in [6.07, 6.45) is 0. The molecule has 0 unspecified atom stereocenters. The zero-order chi connectivity index (χ0) is 20.2. The monoisotopic (exact) mass is 408 g/mol. The van der Waals surface area contributed by atoms with Crippen LogP contribution in [0.25, 0.3) is 5.69 Å². The van der Waals surface area contributed by atoms with Gasteiger partial charge in [0.15, 0.2) is 10.9 Å². The predicted octanol–water partition coefficient (Wildman–Crippen LogP) is 3.70. The van der Waals surface area contributed by atoms with E-state index < -0.39 is 0 Å². The lowest BCUT2D eigenvalue weighted by Crippen LogP contribution is -2.37. The second kappa shape index (κ2) is 8.80. The highest BCUT2D eigenvalue weighted by Crippen LogP contribution is 2.28. The molecular formula is C22H24N4O2S. The number of rotatable bonds is 6. The minimum absolute atomic E-state index is 0.103. The molecule has 7 heteroatoms. The molecule has 0 aliphatic carbocycles. The first kappa shape index (κ1) is 19.7. The van der Waals surface area contributed by atoms with Gasteiger partial charge in [-0.3, -0.25) is 9.36 Å². The molecule has 2 heterocycles. The summed E-state index contributed by atoms with van der Waals surface area (Å²) in [5, 5.41) is 9.58. The number of nitrogens with zero attached hydrogens (tertiary/aromatic N) is 4. The first-order valence-corrected chi connectivity index (χ1v) is 10.7. The number of ketones is 1. The van der Waals surface area contributed by atoms with Crippen LogP contribution in [0.15, 0.2) is 53.7 Å². The zero-order valence-corrected chi connectivity index (χ0v) is 17.5. The molecule has 1 aliphatic heterocycles. The number of ether oxygens (including phenoxy) is 1. The van der Waals surface area contributed by atoms with E-state index in [-0.39, 0.29) is 5.78 Å². The van der Waals surface area contributed by atoms with Gasteiger partial charge in [0, 0.05) is 18.7 Å². The molecule has 29 heavy (non-hydrogen) atoms. The van der Waals surface area contributed by atoms with Crippen LogP contribution in [0.5, 0.6) is 0 Å². The van der Waals surface area contributed by atoms with Gasteiger partial charge < -0.3 is 9.64 Å². The van der Waals surface area contributed by atoms with E-state index in [1.54, 1.807) is 0 Å². The highest BCUT2D eigenvalue weighted by molar-refractivity contribution is 7.99. The molecule has 6 nitrogen and oxygen atoms in total. The van der Waals surface area contributed by atoms with E-state index in [2.05, 4.69) is 15.1 Å². The van der Waals surface area contributed by atoms with Crippen LogP contribution in [0.3, 0.4) is 0 Å². The van der Waals surface area contributed by atoms with Crippen molar-refractivity contribution in [2.45, 2.75) is 19.0 Å². The van der Waals surface area contributed by atoms with Gasteiger partial charge >= 0.3 is 0 Å². The van der Waals surface area contributed by atoms with Crippen molar-refractivity contribution >= 4 is 23.5 Å². The van der Waals surface area contributed by atoms with E-state index >= 15 is 0 Å². The summed E-state index contributed by atoms with van der Waals surface area (Å²) in [7, 11) is 0. The molecule has 0 atom stereocenters. The number of aromatic nitrogens is 3. The van der Waals surface area contributed by atoms with Crippen LogP contribution >= 0.6 is 11.8 Å². The van der Waals surface area contributed by atoms with Gasteiger partial charge in [0.05, 0.1) is 24.7 Å². The molecule has 0 N–H and O–H groups in total. The number of hydrogen-bond donors (Lipinski definition) is 0.